The van der Waals surface area contributed by atoms with Gasteiger partial charge in [0.25, 0.3) is 0 Å². The molecule has 2 atom stereocenters. The third kappa shape index (κ3) is 3.46. The molecule has 0 radical (unpaired) electrons. The fourth-order valence-electron chi connectivity index (χ4n) is 1.24. The maximum atomic E-state index is 11.6. The van der Waals surface area contributed by atoms with E-state index in [1.165, 1.54) is 31.2 Å². The Kier molecular flexibility index (Phi) is 4.67. The summed E-state index contributed by atoms with van der Waals surface area (Å²) in [5, 5.41) is 18.4. The molecule has 0 saturated heterocycles. The Morgan fingerprint density at radius 3 is 2.28 bits per heavy atom. The van der Waals surface area contributed by atoms with Crippen molar-refractivity contribution in [3.8, 4) is 11.5 Å². The highest BCUT2D eigenvalue weighted by atomic mass is 16.5. The zero-order valence-electron chi connectivity index (χ0n) is 9.99. The highest BCUT2D eigenvalue weighted by molar-refractivity contribution is 6.03. The molecule has 0 aliphatic rings. The monoisotopic (exact) mass is 254 g/mol. The van der Waals surface area contributed by atoms with E-state index in [-0.39, 0.29) is 5.75 Å². The summed E-state index contributed by atoms with van der Waals surface area (Å²) in [5.41, 5.74) is 0. The van der Waals surface area contributed by atoms with Crippen LogP contribution in [0.15, 0.2) is 24.3 Å². The molecule has 18 heavy (non-hydrogen) atoms. The van der Waals surface area contributed by atoms with E-state index in [0.29, 0.717) is 5.75 Å². The number of aliphatic hydroxyl groups is 1. The van der Waals surface area contributed by atoms with Crippen molar-refractivity contribution < 1.29 is 29.3 Å². The zero-order valence-corrected chi connectivity index (χ0v) is 9.99. The van der Waals surface area contributed by atoms with Crippen LogP contribution in [0.5, 0.6) is 11.5 Å². The van der Waals surface area contributed by atoms with Crippen molar-refractivity contribution in [1.29, 1.82) is 0 Å². The van der Waals surface area contributed by atoms with Gasteiger partial charge in [-0.15, -0.1) is 0 Å². The minimum absolute atomic E-state index is 0.0657. The van der Waals surface area contributed by atoms with E-state index in [4.69, 9.17) is 9.84 Å². The molecule has 0 bridgehead atoms. The van der Waals surface area contributed by atoms with Crippen molar-refractivity contribution in [2.45, 2.75) is 19.1 Å². The number of ether oxygens (including phenoxy) is 2. The van der Waals surface area contributed by atoms with Crippen molar-refractivity contribution in [3.63, 3.8) is 0 Å². The fraction of sp³-hybridized carbons (Fsp3) is 0.333. The van der Waals surface area contributed by atoms with Crippen LogP contribution in [0.3, 0.4) is 0 Å². The molecule has 0 aliphatic carbocycles. The number of aliphatic hydroxyl groups excluding tert-OH is 1. The van der Waals surface area contributed by atoms with Crippen LogP contribution in [0.25, 0.3) is 0 Å². The number of phenols is 1. The minimum atomic E-state index is -1.86. The van der Waals surface area contributed by atoms with Gasteiger partial charge >= 0.3 is 5.97 Å². The lowest BCUT2D eigenvalue weighted by Crippen LogP contribution is -2.39. The number of phenolic OH excluding ortho intramolecular Hbond substituents is 1. The molecule has 1 aromatic rings. The lowest BCUT2D eigenvalue weighted by Gasteiger charge is -2.15. The maximum absolute atomic E-state index is 11.6. The highest BCUT2D eigenvalue weighted by Gasteiger charge is 2.30. The first-order chi connectivity index (χ1) is 8.45. The van der Waals surface area contributed by atoms with Crippen molar-refractivity contribution in [2.24, 2.45) is 0 Å². The first kappa shape index (κ1) is 14.0. The van der Waals surface area contributed by atoms with E-state index >= 15 is 0 Å². The first-order valence-electron chi connectivity index (χ1n) is 5.21. The summed E-state index contributed by atoms with van der Waals surface area (Å²) in [6.07, 6.45) is -2.87. The fourth-order valence-corrected chi connectivity index (χ4v) is 1.24. The molecule has 6 heteroatoms. The number of hydrogen-bond donors (Lipinski definition) is 2. The number of Topliss-reactive ketones (excluding diaryl/α,β-unsaturated/α-hetero) is 1. The Labute approximate surface area is 104 Å². The number of esters is 1. The smallest absolute Gasteiger partial charge is 0.342 e. The second-order valence-corrected chi connectivity index (χ2v) is 3.58. The van der Waals surface area contributed by atoms with Crippen LogP contribution < -0.4 is 4.74 Å². The SMILES string of the molecule is COC(=O)C(O)C(=O)C(C)Oc1ccc(O)cc1. The van der Waals surface area contributed by atoms with Crippen molar-refractivity contribution in [2.75, 3.05) is 7.11 Å². The van der Waals surface area contributed by atoms with Crippen LogP contribution in [-0.4, -0.2) is 41.3 Å². The summed E-state index contributed by atoms with van der Waals surface area (Å²) in [6, 6.07) is 5.71. The van der Waals surface area contributed by atoms with Crippen LogP contribution in [-0.2, 0) is 14.3 Å². The van der Waals surface area contributed by atoms with E-state index in [1.807, 2.05) is 0 Å². The number of methoxy groups -OCH3 is 1. The van der Waals surface area contributed by atoms with Gasteiger partial charge in [-0.2, -0.15) is 0 Å². The summed E-state index contributed by atoms with van der Waals surface area (Å²) in [6.45, 7) is 1.40. The van der Waals surface area contributed by atoms with Gasteiger partial charge < -0.3 is 19.7 Å². The summed E-state index contributed by atoms with van der Waals surface area (Å²) in [4.78, 5) is 22.6. The topological polar surface area (TPSA) is 93.1 Å². The van der Waals surface area contributed by atoms with Crippen LogP contribution in [0.1, 0.15) is 6.92 Å². The standard InChI is InChI=1S/C12H14O6/c1-7(10(14)11(15)12(16)17-2)18-9-5-3-8(13)4-6-9/h3-7,11,13,15H,1-2H3. The molecule has 0 saturated carbocycles. The molecular weight excluding hydrogens is 240 g/mol. The van der Waals surface area contributed by atoms with E-state index in [2.05, 4.69) is 4.74 Å². The van der Waals surface area contributed by atoms with Gasteiger partial charge in [0.2, 0.25) is 11.9 Å². The highest BCUT2D eigenvalue weighted by Crippen LogP contribution is 2.17. The Balaban J connectivity index is 2.65. The summed E-state index contributed by atoms with van der Waals surface area (Å²) >= 11 is 0. The second-order valence-electron chi connectivity index (χ2n) is 3.58. The molecule has 2 unspecified atom stereocenters. The number of rotatable bonds is 5. The average Bonchev–Trinajstić information content (AvgIpc) is 2.38. The van der Waals surface area contributed by atoms with Gasteiger partial charge in [-0.25, -0.2) is 4.79 Å². The number of carbonyl (C=O) groups is 2. The van der Waals surface area contributed by atoms with Gasteiger partial charge in [-0.1, -0.05) is 0 Å². The third-order valence-corrected chi connectivity index (χ3v) is 2.24. The second kappa shape index (κ2) is 6.02. The van der Waals surface area contributed by atoms with Crippen molar-refractivity contribution >= 4 is 11.8 Å². The van der Waals surface area contributed by atoms with Gasteiger partial charge in [0.15, 0.2) is 6.10 Å². The zero-order chi connectivity index (χ0) is 13.7. The third-order valence-electron chi connectivity index (χ3n) is 2.24. The Hall–Kier alpha value is -2.08. The summed E-state index contributed by atoms with van der Waals surface area (Å²) in [7, 11) is 1.07. The molecule has 0 heterocycles. The number of ketones is 1. The molecule has 0 amide bonds. The Morgan fingerprint density at radius 2 is 1.78 bits per heavy atom. The number of carbonyl (C=O) groups excluding carboxylic acids is 2. The average molecular weight is 254 g/mol. The van der Waals surface area contributed by atoms with E-state index < -0.39 is 24.0 Å². The number of hydrogen-bond acceptors (Lipinski definition) is 6. The molecular formula is C12H14O6. The predicted molar refractivity (Wildman–Crippen MR) is 61.2 cm³/mol. The molecule has 6 nitrogen and oxygen atoms in total. The van der Waals surface area contributed by atoms with Gasteiger partial charge in [0, 0.05) is 0 Å². The van der Waals surface area contributed by atoms with Crippen LogP contribution in [0.4, 0.5) is 0 Å². The lowest BCUT2D eigenvalue weighted by atomic mass is 10.1. The molecule has 0 aromatic heterocycles. The molecule has 0 spiro atoms. The summed E-state index contributed by atoms with van der Waals surface area (Å²) in [5.74, 6) is -1.42. The molecule has 0 fully saturated rings. The van der Waals surface area contributed by atoms with Gasteiger partial charge in [0.1, 0.15) is 11.5 Å². The van der Waals surface area contributed by atoms with Crippen molar-refractivity contribution in [3.05, 3.63) is 24.3 Å². The van der Waals surface area contributed by atoms with Crippen LogP contribution in [0.2, 0.25) is 0 Å². The number of benzene rings is 1. The van der Waals surface area contributed by atoms with Gasteiger partial charge in [-0.3, -0.25) is 4.79 Å². The molecule has 1 rings (SSSR count). The Morgan fingerprint density at radius 1 is 1.22 bits per heavy atom. The minimum Gasteiger partial charge on any atom is -0.508 e. The summed E-state index contributed by atoms with van der Waals surface area (Å²) < 4.78 is 9.47. The molecule has 2 N–H and O–H groups in total. The van der Waals surface area contributed by atoms with Crippen LogP contribution >= 0.6 is 0 Å². The van der Waals surface area contributed by atoms with E-state index in [1.54, 1.807) is 0 Å². The maximum Gasteiger partial charge on any atom is 0.342 e. The van der Waals surface area contributed by atoms with Crippen LogP contribution in [0, 0.1) is 0 Å². The molecule has 98 valence electrons. The quantitative estimate of drug-likeness (QED) is 0.578. The first-order valence-corrected chi connectivity index (χ1v) is 5.21. The molecule has 0 aliphatic heterocycles. The lowest BCUT2D eigenvalue weighted by molar-refractivity contribution is -0.157. The molecule has 1 aromatic carbocycles. The van der Waals surface area contributed by atoms with E-state index in [9.17, 15) is 14.7 Å². The van der Waals surface area contributed by atoms with Crippen molar-refractivity contribution in [1.82, 2.24) is 0 Å². The van der Waals surface area contributed by atoms with Gasteiger partial charge in [0.05, 0.1) is 7.11 Å². The van der Waals surface area contributed by atoms with E-state index in [0.717, 1.165) is 7.11 Å². The number of aromatic hydroxyl groups is 1. The normalized spacial score (nSPS) is 13.5. The predicted octanol–water partition coefficient (Wildman–Crippen LogP) is 0.262. The largest absolute Gasteiger partial charge is 0.508 e. The Bertz CT molecular complexity index is 425. The van der Waals surface area contributed by atoms with Gasteiger partial charge in [-0.05, 0) is 31.2 Å².